The second-order valence-electron chi connectivity index (χ2n) is 2.99. The van der Waals surface area contributed by atoms with Gasteiger partial charge in [0.2, 0.25) is 0 Å². The topological polar surface area (TPSA) is 74.5 Å². The Kier molecular flexibility index (Phi) is 3.23. The minimum atomic E-state index is 0.314. The normalized spacial score (nSPS) is 9.77. The first-order valence-electron chi connectivity index (χ1n) is 4.05. The van der Waals surface area contributed by atoms with Crippen molar-refractivity contribution in [1.29, 1.82) is 0 Å². The molecule has 5 heteroatoms. The third kappa shape index (κ3) is 2.72. The second-order valence-corrected chi connectivity index (χ2v) is 2.99. The lowest BCUT2D eigenvalue weighted by atomic mass is 10.2. The van der Waals surface area contributed by atoms with Gasteiger partial charge in [-0.25, -0.2) is 9.97 Å². The van der Waals surface area contributed by atoms with Crippen LogP contribution in [0.15, 0.2) is 17.5 Å². The number of aromatic nitrogens is 2. The smallest absolute Gasteiger partial charge is 0.130 e. The molecular weight excluding hydrogens is 166 g/mol. The number of azide groups is 1. The highest BCUT2D eigenvalue weighted by atomic mass is 15.1. The number of rotatable bonds is 3. The van der Waals surface area contributed by atoms with Gasteiger partial charge in [-0.15, -0.1) is 0 Å². The summed E-state index contributed by atoms with van der Waals surface area (Å²) in [6.07, 6.45) is 3.38. The van der Waals surface area contributed by atoms with Gasteiger partial charge in [0.15, 0.2) is 0 Å². The zero-order valence-corrected chi connectivity index (χ0v) is 7.68. The van der Waals surface area contributed by atoms with Crippen LogP contribution in [0.3, 0.4) is 0 Å². The molecular formula is C8H11N5. The molecule has 0 aromatic carbocycles. The highest BCUT2D eigenvalue weighted by Crippen LogP contribution is 2.07. The first kappa shape index (κ1) is 9.48. The molecule has 0 radical (unpaired) electrons. The van der Waals surface area contributed by atoms with E-state index in [-0.39, 0.29) is 0 Å². The third-order valence-electron chi connectivity index (χ3n) is 1.56. The van der Waals surface area contributed by atoms with Crippen LogP contribution in [0, 0.1) is 0 Å². The maximum Gasteiger partial charge on any atom is 0.130 e. The van der Waals surface area contributed by atoms with Gasteiger partial charge in [-0.1, -0.05) is 19.0 Å². The maximum atomic E-state index is 8.09. The van der Waals surface area contributed by atoms with Crippen LogP contribution >= 0.6 is 0 Å². The zero-order valence-electron chi connectivity index (χ0n) is 7.68. The van der Waals surface area contributed by atoms with E-state index < -0.39 is 0 Å². The predicted molar refractivity (Wildman–Crippen MR) is 49.0 cm³/mol. The van der Waals surface area contributed by atoms with Crippen molar-refractivity contribution < 1.29 is 0 Å². The van der Waals surface area contributed by atoms with Gasteiger partial charge in [0.25, 0.3) is 0 Å². The van der Waals surface area contributed by atoms with Crippen LogP contribution in [-0.2, 0) is 6.54 Å². The van der Waals surface area contributed by atoms with Gasteiger partial charge in [0.05, 0.1) is 6.54 Å². The predicted octanol–water partition coefficient (Wildman–Crippen LogP) is 2.41. The highest BCUT2D eigenvalue weighted by molar-refractivity contribution is 5.06. The Balaban J connectivity index is 2.75. The molecule has 0 saturated heterocycles. The summed E-state index contributed by atoms with van der Waals surface area (Å²) in [6.45, 7) is 4.37. The maximum absolute atomic E-state index is 8.09. The van der Waals surface area contributed by atoms with Crippen LogP contribution in [0.5, 0.6) is 0 Å². The molecule has 1 aromatic rings. The summed E-state index contributed by atoms with van der Waals surface area (Å²) < 4.78 is 0. The van der Waals surface area contributed by atoms with E-state index in [9.17, 15) is 0 Å². The van der Waals surface area contributed by atoms with Crippen LogP contribution in [0.2, 0.25) is 0 Å². The number of hydrogen-bond donors (Lipinski definition) is 0. The zero-order chi connectivity index (χ0) is 9.68. The summed E-state index contributed by atoms with van der Waals surface area (Å²) in [5, 5.41) is 3.42. The van der Waals surface area contributed by atoms with E-state index in [4.69, 9.17) is 5.53 Å². The molecule has 1 aromatic heterocycles. The van der Waals surface area contributed by atoms with Crippen LogP contribution in [0.4, 0.5) is 0 Å². The SMILES string of the molecule is CC(C)c1ncc(CN=[N+]=[N-])cn1. The summed E-state index contributed by atoms with van der Waals surface area (Å²) in [5.74, 6) is 1.14. The Morgan fingerprint density at radius 1 is 1.46 bits per heavy atom. The van der Waals surface area contributed by atoms with Crippen molar-refractivity contribution in [3.8, 4) is 0 Å². The van der Waals surface area contributed by atoms with Gasteiger partial charge in [-0.2, -0.15) is 0 Å². The van der Waals surface area contributed by atoms with Crippen molar-refractivity contribution in [3.63, 3.8) is 0 Å². The van der Waals surface area contributed by atoms with Crippen LogP contribution in [0.25, 0.3) is 10.4 Å². The van der Waals surface area contributed by atoms with Gasteiger partial charge in [0.1, 0.15) is 5.82 Å². The van der Waals surface area contributed by atoms with Crippen LogP contribution in [-0.4, -0.2) is 9.97 Å². The highest BCUT2D eigenvalue weighted by Gasteiger charge is 2.00. The molecule has 0 aliphatic carbocycles. The minimum absolute atomic E-state index is 0.314. The van der Waals surface area contributed by atoms with Gasteiger partial charge in [-0.05, 0) is 11.1 Å². The van der Waals surface area contributed by atoms with E-state index >= 15 is 0 Å². The minimum Gasteiger partial charge on any atom is -0.241 e. The molecule has 68 valence electrons. The Morgan fingerprint density at radius 3 is 2.54 bits per heavy atom. The lowest BCUT2D eigenvalue weighted by Crippen LogP contribution is -1.97. The largest absolute Gasteiger partial charge is 0.241 e. The first-order chi connectivity index (χ1) is 6.24. The second kappa shape index (κ2) is 4.42. The monoisotopic (exact) mass is 177 g/mol. The molecule has 1 heterocycles. The molecule has 0 unspecified atom stereocenters. The van der Waals surface area contributed by atoms with Crippen molar-refractivity contribution in [2.45, 2.75) is 26.3 Å². The van der Waals surface area contributed by atoms with Crippen LogP contribution < -0.4 is 0 Å². The molecule has 13 heavy (non-hydrogen) atoms. The lowest BCUT2D eigenvalue weighted by molar-refractivity contribution is 0.766. The van der Waals surface area contributed by atoms with Gasteiger partial charge in [-0.3, -0.25) is 0 Å². The van der Waals surface area contributed by atoms with Crippen molar-refractivity contribution in [2.24, 2.45) is 5.11 Å². The molecule has 0 amide bonds. The van der Waals surface area contributed by atoms with Gasteiger partial charge >= 0.3 is 0 Å². The molecule has 0 aliphatic heterocycles. The van der Waals surface area contributed by atoms with Gasteiger partial charge in [0, 0.05) is 23.2 Å². The number of hydrogen-bond acceptors (Lipinski definition) is 3. The average molecular weight is 177 g/mol. The summed E-state index contributed by atoms with van der Waals surface area (Å²) in [6, 6.07) is 0. The lowest BCUT2D eigenvalue weighted by Gasteiger charge is -2.02. The molecule has 1 rings (SSSR count). The Hall–Kier alpha value is -1.61. The Morgan fingerprint density at radius 2 is 2.08 bits per heavy atom. The van der Waals surface area contributed by atoms with Crippen molar-refractivity contribution in [1.82, 2.24) is 9.97 Å². The molecule has 0 saturated carbocycles. The van der Waals surface area contributed by atoms with Gasteiger partial charge < -0.3 is 0 Å². The summed E-state index contributed by atoms with van der Waals surface area (Å²) in [4.78, 5) is 10.9. The molecule has 0 atom stereocenters. The molecule has 5 nitrogen and oxygen atoms in total. The quantitative estimate of drug-likeness (QED) is 0.404. The van der Waals surface area contributed by atoms with E-state index in [1.165, 1.54) is 0 Å². The van der Waals surface area contributed by atoms with Crippen molar-refractivity contribution >= 4 is 0 Å². The van der Waals surface area contributed by atoms with Crippen molar-refractivity contribution in [3.05, 3.63) is 34.2 Å². The Bertz CT molecular complexity index is 310. The fraction of sp³-hybridized carbons (Fsp3) is 0.500. The molecule has 0 N–H and O–H groups in total. The Labute approximate surface area is 76.5 Å². The van der Waals surface area contributed by atoms with E-state index in [2.05, 4.69) is 20.0 Å². The molecule has 0 spiro atoms. The first-order valence-corrected chi connectivity index (χ1v) is 4.05. The third-order valence-corrected chi connectivity index (χ3v) is 1.56. The summed E-state index contributed by atoms with van der Waals surface area (Å²) in [7, 11) is 0. The standard InChI is InChI=1S/C8H11N5/c1-6(2)8-10-3-7(4-11-8)5-12-13-9/h3-4,6H,5H2,1-2H3. The number of nitrogens with zero attached hydrogens (tertiary/aromatic N) is 5. The fourth-order valence-corrected chi connectivity index (χ4v) is 0.858. The summed E-state index contributed by atoms with van der Waals surface area (Å²) >= 11 is 0. The van der Waals surface area contributed by atoms with E-state index in [1.54, 1.807) is 12.4 Å². The summed E-state index contributed by atoms with van der Waals surface area (Å²) in [5.41, 5.74) is 8.92. The van der Waals surface area contributed by atoms with Crippen LogP contribution in [0.1, 0.15) is 31.2 Å². The van der Waals surface area contributed by atoms with Crippen molar-refractivity contribution in [2.75, 3.05) is 0 Å². The molecule has 0 fully saturated rings. The molecule has 0 aliphatic rings. The van der Waals surface area contributed by atoms with E-state index in [0.717, 1.165) is 11.4 Å². The van der Waals surface area contributed by atoms with E-state index in [1.807, 2.05) is 13.8 Å². The average Bonchev–Trinajstić information content (AvgIpc) is 2.15. The van der Waals surface area contributed by atoms with E-state index in [0.29, 0.717) is 12.5 Å². The fourth-order valence-electron chi connectivity index (χ4n) is 0.858. The molecule has 0 bridgehead atoms.